The molecule has 98 valence electrons. The molecule has 1 aliphatic carbocycles. The van der Waals surface area contributed by atoms with E-state index in [1.807, 2.05) is 7.05 Å². The molecule has 6 nitrogen and oxygen atoms in total. The largest absolute Gasteiger partial charge is 0.481 e. The van der Waals surface area contributed by atoms with E-state index in [9.17, 15) is 9.59 Å². The van der Waals surface area contributed by atoms with Crippen molar-refractivity contribution in [1.82, 2.24) is 15.5 Å². The first-order valence-corrected chi connectivity index (χ1v) is 5.95. The van der Waals surface area contributed by atoms with Crippen LogP contribution in [0.25, 0.3) is 0 Å². The van der Waals surface area contributed by atoms with Crippen LogP contribution < -0.4 is 10.6 Å². The molecule has 3 N–H and O–H groups in total. The molecule has 0 heterocycles. The molecular formula is C11H21N3O3. The van der Waals surface area contributed by atoms with E-state index in [-0.39, 0.29) is 12.1 Å². The average molecular weight is 243 g/mol. The van der Waals surface area contributed by atoms with E-state index in [0.29, 0.717) is 13.0 Å². The highest BCUT2D eigenvalue weighted by Gasteiger charge is 2.34. The van der Waals surface area contributed by atoms with Crippen molar-refractivity contribution in [2.75, 3.05) is 27.2 Å². The molecule has 1 rings (SSSR count). The number of aliphatic carboxylic acids is 1. The van der Waals surface area contributed by atoms with Crippen LogP contribution in [-0.2, 0) is 4.79 Å². The van der Waals surface area contributed by atoms with Crippen LogP contribution in [0.1, 0.15) is 19.3 Å². The van der Waals surface area contributed by atoms with Crippen LogP contribution in [0.4, 0.5) is 4.79 Å². The molecule has 1 fully saturated rings. The Balaban J connectivity index is 2.42. The number of carboxylic acids is 1. The van der Waals surface area contributed by atoms with Gasteiger partial charge in [-0.1, -0.05) is 6.42 Å². The minimum atomic E-state index is -0.814. The van der Waals surface area contributed by atoms with Crippen molar-refractivity contribution in [1.29, 1.82) is 0 Å². The van der Waals surface area contributed by atoms with E-state index < -0.39 is 11.9 Å². The van der Waals surface area contributed by atoms with E-state index in [2.05, 4.69) is 10.6 Å². The quantitative estimate of drug-likeness (QED) is 0.639. The molecule has 0 aromatic carbocycles. The van der Waals surface area contributed by atoms with E-state index in [0.717, 1.165) is 19.4 Å². The zero-order valence-electron chi connectivity index (χ0n) is 10.4. The van der Waals surface area contributed by atoms with Crippen molar-refractivity contribution in [3.8, 4) is 0 Å². The summed E-state index contributed by atoms with van der Waals surface area (Å²) in [7, 11) is 3.53. The summed E-state index contributed by atoms with van der Waals surface area (Å²) in [5.41, 5.74) is 0. The van der Waals surface area contributed by atoms with E-state index in [1.165, 1.54) is 0 Å². The number of hydrogen-bond donors (Lipinski definition) is 3. The van der Waals surface area contributed by atoms with Crippen molar-refractivity contribution < 1.29 is 14.7 Å². The third-order valence-corrected chi connectivity index (χ3v) is 3.19. The number of nitrogens with zero attached hydrogens (tertiary/aromatic N) is 1. The minimum absolute atomic E-state index is 0.196. The highest BCUT2D eigenvalue weighted by Crippen LogP contribution is 2.25. The van der Waals surface area contributed by atoms with Crippen molar-refractivity contribution in [3.05, 3.63) is 0 Å². The average Bonchev–Trinajstić information content (AvgIpc) is 2.73. The lowest BCUT2D eigenvalue weighted by Gasteiger charge is -2.23. The molecule has 2 amide bonds. The lowest BCUT2D eigenvalue weighted by molar-refractivity contribution is -0.142. The van der Waals surface area contributed by atoms with Crippen LogP contribution in [-0.4, -0.2) is 55.2 Å². The molecule has 0 aromatic heterocycles. The van der Waals surface area contributed by atoms with Gasteiger partial charge in [0.05, 0.1) is 5.92 Å². The van der Waals surface area contributed by atoms with Crippen LogP contribution in [0.3, 0.4) is 0 Å². The number of nitrogens with one attached hydrogen (secondary N) is 2. The number of carbonyl (C=O) groups is 2. The molecule has 0 bridgehead atoms. The summed E-state index contributed by atoms with van der Waals surface area (Å²) < 4.78 is 0. The summed E-state index contributed by atoms with van der Waals surface area (Å²) in [5, 5.41) is 14.8. The Hall–Kier alpha value is -1.30. The monoisotopic (exact) mass is 243 g/mol. The van der Waals surface area contributed by atoms with Gasteiger partial charge in [-0.15, -0.1) is 0 Å². The van der Waals surface area contributed by atoms with Crippen LogP contribution >= 0.6 is 0 Å². The van der Waals surface area contributed by atoms with Gasteiger partial charge in [0.15, 0.2) is 0 Å². The normalized spacial score (nSPS) is 23.4. The number of likely N-dealkylation sites (N-methyl/N-ethyl adjacent to an activating group) is 2. The Bertz CT molecular complexity index is 283. The van der Waals surface area contributed by atoms with E-state index in [1.54, 1.807) is 11.9 Å². The Labute approximate surface area is 101 Å². The number of rotatable bonds is 5. The van der Waals surface area contributed by atoms with Crippen LogP contribution in [0.5, 0.6) is 0 Å². The third-order valence-electron chi connectivity index (χ3n) is 3.19. The molecule has 0 aromatic rings. The Morgan fingerprint density at radius 3 is 2.71 bits per heavy atom. The summed E-state index contributed by atoms with van der Waals surface area (Å²) in [6.45, 7) is 1.32. The minimum Gasteiger partial charge on any atom is -0.481 e. The Kier molecular flexibility index (Phi) is 5.21. The van der Waals surface area contributed by atoms with Gasteiger partial charge in [-0.25, -0.2) is 4.79 Å². The van der Waals surface area contributed by atoms with Crippen molar-refractivity contribution in [2.45, 2.75) is 25.3 Å². The molecule has 0 radical (unpaired) electrons. The van der Waals surface area contributed by atoms with Gasteiger partial charge in [0.2, 0.25) is 0 Å². The van der Waals surface area contributed by atoms with Crippen LogP contribution in [0.15, 0.2) is 0 Å². The summed E-state index contributed by atoms with van der Waals surface area (Å²) in [4.78, 5) is 24.3. The molecule has 2 unspecified atom stereocenters. The predicted octanol–water partition coefficient (Wildman–Crippen LogP) is 0.101. The first kappa shape index (κ1) is 13.8. The van der Waals surface area contributed by atoms with Gasteiger partial charge in [-0.2, -0.15) is 0 Å². The zero-order chi connectivity index (χ0) is 12.8. The topological polar surface area (TPSA) is 81.7 Å². The third kappa shape index (κ3) is 3.89. The van der Waals surface area contributed by atoms with Gasteiger partial charge in [0.1, 0.15) is 0 Å². The number of carboxylic acid groups (broad SMARTS) is 1. The molecule has 17 heavy (non-hydrogen) atoms. The predicted molar refractivity (Wildman–Crippen MR) is 63.9 cm³/mol. The first-order chi connectivity index (χ1) is 8.06. The summed E-state index contributed by atoms with van der Waals surface area (Å²) >= 11 is 0. The molecule has 1 saturated carbocycles. The molecule has 0 aliphatic heterocycles. The number of carbonyl (C=O) groups excluding carboxylic acids is 1. The second kappa shape index (κ2) is 6.44. The first-order valence-electron chi connectivity index (χ1n) is 5.95. The lowest BCUT2D eigenvalue weighted by atomic mass is 10.0. The number of amides is 2. The maximum atomic E-state index is 11.8. The van der Waals surface area contributed by atoms with Crippen molar-refractivity contribution >= 4 is 12.0 Å². The highest BCUT2D eigenvalue weighted by molar-refractivity contribution is 5.77. The standard InChI is InChI=1S/C11H21N3O3/c1-12-6-7-14(2)11(17)13-9-5-3-4-8(9)10(15)16/h8-9,12H,3-7H2,1-2H3,(H,13,17)(H,15,16). The SMILES string of the molecule is CNCCN(C)C(=O)NC1CCCC1C(=O)O. The molecule has 0 saturated heterocycles. The van der Waals surface area contributed by atoms with Gasteiger partial charge >= 0.3 is 12.0 Å². The van der Waals surface area contributed by atoms with Gasteiger partial charge in [0, 0.05) is 26.2 Å². The zero-order valence-corrected chi connectivity index (χ0v) is 10.4. The molecule has 0 spiro atoms. The maximum absolute atomic E-state index is 11.8. The summed E-state index contributed by atoms with van der Waals surface area (Å²) in [6.07, 6.45) is 2.27. The maximum Gasteiger partial charge on any atom is 0.317 e. The van der Waals surface area contributed by atoms with E-state index >= 15 is 0 Å². The highest BCUT2D eigenvalue weighted by atomic mass is 16.4. The van der Waals surface area contributed by atoms with Crippen LogP contribution in [0.2, 0.25) is 0 Å². The summed E-state index contributed by atoms with van der Waals surface area (Å²) in [6, 6.07) is -0.421. The Morgan fingerprint density at radius 1 is 1.41 bits per heavy atom. The lowest BCUT2D eigenvalue weighted by Crippen LogP contribution is -2.47. The fourth-order valence-electron chi connectivity index (χ4n) is 2.08. The molecular weight excluding hydrogens is 222 g/mol. The second-order valence-corrected chi connectivity index (χ2v) is 4.46. The summed E-state index contributed by atoms with van der Waals surface area (Å²) in [5.74, 6) is -1.25. The molecule has 2 atom stereocenters. The fourth-order valence-corrected chi connectivity index (χ4v) is 2.08. The van der Waals surface area contributed by atoms with Gasteiger partial charge in [0.25, 0.3) is 0 Å². The van der Waals surface area contributed by atoms with Gasteiger partial charge < -0.3 is 20.6 Å². The van der Waals surface area contributed by atoms with Gasteiger partial charge in [-0.3, -0.25) is 4.79 Å². The fraction of sp³-hybridized carbons (Fsp3) is 0.818. The number of urea groups is 1. The molecule has 6 heteroatoms. The second-order valence-electron chi connectivity index (χ2n) is 4.46. The molecule has 1 aliphatic rings. The number of hydrogen-bond acceptors (Lipinski definition) is 3. The smallest absolute Gasteiger partial charge is 0.317 e. The van der Waals surface area contributed by atoms with E-state index in [4.69, 9.17) is 5.11 Å². The van der Waals surface area contributed by atoms with Crippen LogP contribution in [0, 0.1) is 5.92 Å². The van der Waals surface area contributed by atoms with Crippen molar-refractivity contribution in [2.24, 2.45) is 5.92 Å². The van der Waals surface area contributed by atoms with Crippen molar-refractivity contribution in [3.63, 3.8) is 0 Å². The Morgan fingerprint density at radius 2 is 2.12 bits per heavy atom. The van der Waals surface area contributed by atoms with Gasteiger partial charge in [-0.05, 0) is 19.9 Å².